The first-order valence-corrected chi connectivity index (χ1v) is 9.47. The number of nitrogen functional groups attached to an aromatic ring is 1. The Bertz CT molecular complexity index is 1280. The topological polar surface area (TPSA) is 106 Å². The first kappa shape index (κ1) is 19.8. The van der Waals surface area contributed by atoms with Gasteiger partial charge in [0.05, 0.1) is 22.5 Å². The smallest absolute Gasteiger partial charge is 0.362 e. The third-order valence-electron chi connectivity index (χ3n) is 4.56. The predicted octanol–water partition coefficient (Wildman–Crippen LogP) is 5.53. The van der Waals surface area contributed by atoms with Crippen LogP contribution in [0.2, 0.25) is 0 Å². The predicted molar refractivity (Wildman–Crippen MR) is 119 cm³/mol. The Kier molecular flexibility index (Phi) is 5.66. The number of azo groups is 1. The Hall–Kier alpha value is -4.52. The van der Waals surface area contributed by atoms with Gasteiger partial charge < -0.3 is 10.6 Å². The Morgan fingerprint density at radius 2 is 1.52 bits per heavy atom. The Morgan fingerprint density at radius 1 is 0.806 bits per heavy atom. The molecular weight excluding hydrogens is 392 g/mol. The molecule has 1 amide bonds. The lowest BCUT2D eigenvalue weighted by molar-refractivity contribution is 0.0596. The minimum absolute atomic E-state index is 0.296. The summed E-state index contributed by atoms with van der Waals surface area (Å²) >= 11 is 0. The Balaban J connectivity index is 1.36. The van der Waals surface area contributed by atoms with Gasteiger partial charge in [-0.2, -0.15) is 0 Å². The van der Waals surface area contributed by atoms with Crippen LogP contribution in [-0.4, -0.2) is 11.9 Å². The molecule has 3 N–H and O–H groups in total. The van der Waals surface area contributed by atoms with E-state index < -0.39 is 11.9 Å². The number of nitrogens with one attached hydrogen (secondary N) is 1. The minimum atomic E-state index is -0.524. The fraction of sp³-hybridized carbons (Fsp3) is 0. The summed E-state index contributed by atoms with van der Waals surface area (Å²) in [6, 6.07) is 26.4. The number of nitrogens with two attached hydrogens (primary N) is 1. The van der Waals surface area contributed by atoms with E-state index in [1.807, 2.05) is 30.3 Å². The zero-order valence-corrected chi connectivity index (χ0v) is 16.4. The fourth-order valence-electron chi connectivity index (χ4n) is 2.93. The van der Waals surface area contributed by atoms with Crippen LogP contribution in [0, 0.1) is 0 Å². The van der Waals surface area contributed by atoms with Crippen molar-refractivity contribution in [3.63, 3.8) is 0 Å². The third-order valence-corrected chi connectivity index (χ3v) is 4.56. The summed E-state index contributed by atoms with van der Waals surface area (Å²) in [5, 5.41) is 9.62. The van der Waals surface area contributed by atoms with Gasteiger partial charge in [0.1, 0.15) is 0 Å². The number of fused-ring (bicyclic) bond motifs is 1. The summed E-state index contributed by atoms with van der Waals surface area (Å²) in [7, 11) is 0. The van der Waals surface area contributed by atoms with E-state index in [0.29, 0.717) is 28.2 Å². The summed E-state index contributed by atoms with van der Waals surface area (Å²) < 4.78 is 0. The number of hydrogen-bond donors (Lipinski definition) is 2. The highest BCUT2D eigenvalue weighted by molar-refractivity contribution is 5.99. The van der Waals surface area contributed by atoms with Crippen molar-refractivity contribution in [2.24, 2.45) is 10.2 Å². The van der Waals surface area contributed by atoms with Gasteiger partial charge in [0.15, 0.2) is 0 Å². The van der Waals surface area contributed by atoms with Gasteiger partial charge in [-0.05, 0) is 59.3 Å². The number of amides is 1. The van der Waals surface area contributed by atoms with E-state index in [9.17, 15) is 9.59 Å². The zero-order chi connectivity index (χ0) is 21.6. The largest absolute Gasteiger partial charge is 0.398 e. The highest BCUT2D eigenvalue weighted by atomic mass is 16.7. The number of nitrogens with zero attached hydrogens (tertiary/aromatic N) is 2. The highest BCUT2D eigenvalue weighted by Gasteiger charge is 2.09. The lowest BCUT2D eigenvalue weighted by Gasteiger charge is -2.07. The van der Waals surface area contributed by atoms with E-state index in [-0.39, 0.29) is 0 Å². The molecule has 4 rings (SSSR count). The first-order valence-electron chi connectivity index (χ1n) is 9.47. The van der Waals surface area contributed by atoms with Crippen LogP contribution in [0.3, 0.4) is 0 Å². The first-order chi connectivity index (χ1) is 15.1. The summed E-state index contributed by atoms with van der Waals surface area (Å²) in [5.74, 6) is -1.02. The van der Waals surface area contributed by atoms with Gasteiger partial charge >= 0.3 is 5.97 Å². The number of para-hydroxylation sites is 1. The van der Waals surface area contributed by atoms with E-state index in [4.69, 9.17) is 10.6 Å². The van der Waals surface area contributed by atoms with Gasteiger partial charge in [0.2, 0.25) is 0 Å². The van der Waals surface area contributed by atoms with Crippen molar-refractivity contribution in [3.8, 4) is 0 Å². The van der Waals surface area contributed by atoms with Crippen molar-refractivity contribution in [1.82, 2.24) is 0 Å². The molecule has 4 aromatic carbocycles. The monoisotopic (exact) mass is 410 g/mol. The molecule has 0 aliphatic heterocycles. The molecule has 0 unspecified atom stereocenters. The summed E-state index contributed by atoms with van der Waals surface area (Å²) in [4.78, 5) is 29.6. The number of benzene rings is 4. The molecule has 0 saturated heterocycles. The Morgan fingerprint density at radius 3 is 2.29 bits per heavy atom. The fourth-order valence-corrected chi connectivity index (χ4v) is 2.93. The quantitative estimate of drug-likeness (QED) is 0.256. The van der Waals surface area contributed by atoms with Gasteiger partial charge in [-0.15, -0.1) is 10.2 Å². The van der Waals surface area contributed by atoms with E-state index in [0.717, 1.165) is 10.8 Å². The number of carbonyl (C=O) groups is 2. The normalized spacial score (nSPS) is 10.8. The second-order valence-electron chi connectivity index (χ2n) is 6.69. The molecule has 0 aromatic heterocycles. The molecule has 0 atom stereocenters. The van der Waals surface area contributed by atoms with Gasteiger partial charge in [-0.3, -0.25) is 4.79 Å². The molecule has 31 heavy (non-hydrogen) atoms. The van der Waals surface area contributed by atoms with E-state index >= 15 is 0 Å². The number of hydrogen-bond acceptors (Lipinski definition) is 6. The number of rotatable bonds is 5. The molecule has 7 heteroatoms. The molecule has 0 heterocycles. The SMILES string of the molecule is Nc1ccccc1C(=O)N=Nc1ccc(NOC(=O)c2ccc3ccccc3c2)cc1. The summed E-state index contributed by atoms with van der Waals surface area (Å²) in [6.45, 7) is 0. The van der Waals surface area contributed by atoms with E-state index in [1.165, 1.54) is 0 Å². The summed E-state index contributed by atoms with van der Waals surface area (Å²) in [5.41, 5.74) is 10.5. The number of carbonyl (C=O) groups excluding carboxylic acids is 2. The van der Waals surface area contributed by atoms with E-state index in [2.05, 4.69) is 15.7 Å². The van der Waals surface area contributed by atoms with Gasteiger partial charge in [0, 0.05) is 5.69 Å². The maximum absolute atomic E-state index is 12.3. The van der Waals surface area contributed by atoms with Gasteiger partial charge in [-0.1, -0.05) is 42.5 Å². The summed E-state index contributed by atoms with van der Waals surface area (Å²) in [6.07, 6.45) is 0. The second-order valence-corrected chi connectivity index (χ2v) is 6.69. The van der Waals surface area contributed by atoms with Crippen LogP contribution >= 0.6 is 0 Å². The zero-order valence-electron chi connectivity index (χ0n) is 16.4. The van der Waals surface area contributed by atoms with Crippen LogP contribution in [0.4, 0.5) is 17.1 Å². The molecule has 0 bridgehead atoms. The molecule has 0 fully saturated rings. The van der Waals surface area contributed by atoms with Crippen molar-refractivity contribution >= 4 is 39.7 Å². The number of anilines is 2. The molecular formula is C24H18N4O3. The van der Waals surface area contributed by atoms with Crippen LogP contribution in [0.5, 0.6) is 0 Å². The lowest BCUT2D eigenvalue weighted by atomic mass is 10.1. The van der Waals surface area contributed by atoms with Crippen molar-refractivity contribution in [1.29, 1.82) is 0 Å². The molecule has 7 nitrogen and oxygen atoms in total. The maximum Gasteiger partial charge on any atom is 0.362 e. The lowest BCUT2D eigenvalue weighted by Crippen LogP contribution is -2.10. The van der Waals surface area contributed by atoms with E-state index in [1.54, 1.807) is 60.7 Å². The third kappa shape index (κ3) is 4.73. The van der Waals surface area contributed by atoms with Crippen molar-refractivity contribution in [2.45, 2.75) is 0 Å². The average molecular weight is 410 g/mol. The van der Waals surface area contributed by atoms with Crippen molar-refractivity contribution < 1.29 is 14.4 Å². The Labute approximate surface area is 178 Å². The molecule has 0 aliphatic carbocycles. The standard InChI is InChI=1S/C24H18N4O3/c25-22-8-4-3-7-21(22)23(29)27-26-19-11-13-20(14-12-19)28-31-24(30)18-10-9-16-5-1-2-6-17(16)15-18/h1-15,28H,25H2. The molecule has 4 aromatic rings. The molecule has 0 aliphatic rings. The van der Waals surface area contributed by atoms with Crippen LogP contribution in [-0.2, 0) is 4.84 Å². The van der Waals surface area contributed by atoms with Crippen LogP contribution in [0.15, 0.2) is 101 Å². The second kappa shape index (κ2) is 8.87. The van der Waals surface area contributed by atoms with Crippen LogP contribution in [0.25, 0.3) is 10.8 Å². The molecule has 0 saturated carbocycles. The maximum atomic E-state index is 12.3. The molecule has 0 spiro atoms. The van der Waals surface area contributed by atoms with Gasteiger partial charge in [0.25, 0.3) is 5.91 Å². The molecule has 0 radical (unpaired) electrons. The van der Waals surface area contributed by atoms with Crippen molar-refractivity contribution in [3.05, 3.63) is 102 Å². The van der Waals surface area contributed by atoms with Crippen LogP contribution in [0.1, 0.15) is 20.7 Å². The van der Waals surface area contributed by atoms with Gasteiger partial charge in [-0.25, -0.2) is 10.3 Å². The van der Waals surface area contributed by atoms with Crippen LogP contribution < -0.4 is 11.2 Å². The van der Waals surface area contributed by atoms with Crippen molar-refractivity contribution in [2.75, 3.05) is 11.2 Å². The minimum Gasteiger partial charge on any atom is -0.398 e. The average Bonchev–Trinajstić information content (AvgIpc) is 2.81. The highest BCUT2D eigenvalue weighted by Crippen LogP contribution is 2.20. The molecule has 152 valence electrons.